The van der Waals surface area contributed by atoms with Gasteiger partial charge in [0.2, 0.25) is 0 Å². The molecule has 3 aromatic rings. The van der Waals surface area contributed by atoms with Crippen molar-refractivity contribution >= 4 is 26.8 Å². The van der Waals surface area contributed by atoms with Gasteiger partial charge < -0.3 is 4.74 Å². The van der Waals surface area contributed by atoms with E-state index in [1.54, 1.807) is 18.3 Å². The van der Waals surface area contributed by atoms with Crippen LogP contribution in [0.4, 0.5) is 13.2 Å². The lowest BCUT2D eigenvalue weighted by atomic mass is 10.2. The molecule has 1 aromatic heterocycles. The zero-order valence-electron chi connectivity index (χ0n) is 10.4. The monoisotopic (exact) mass is 356 g/mol. The van der Waals surface area contributed by atoms with Gasteiger partial charge in [0.15, 0.2) is 0 Å². The molecule has 7 heteroatoms. The number of hydrogen-bond donors (Lipinski definition) is 1. The van der Waals surface area contributed by atoms with Gasteiger partial charge in [-0.05, 0) is 52.3 Å². The number of nitrogens with zero attached hydrogens (tertiary/aromatic N) is 1. The second-order valence-corrected chi connectivity index (χ2v) is 5.22. The van der Waals surface area contributed by atoms with E-state index in [9.17, 15) is 13.2 Å². The molecule has 0 spiro atoms. The van der Waals surface area contributed by atoms with Crippen LogP contribution in [0.25, 0.3) is 10.9 Å². The van der Waals surface area contributed by atoms with Crippen LogP contribution in [0, 0.1) is 0 Å². The van der Waals surface area contributed by atoms with Crippen molar-refractivity contribution in [3.63, 3.8) is 0 Å². The first kappa shape index (κ1) is 13.9. The summed E-state index contributed by atoms with van der Waals surface area (Å²) in [5.41, 5.74) is 0.121. The molecule has 0 bridgehead atoms. The molecule has 3 nitrogen and oxygen atoms in total. The average Bonchev–Trinajstić information content (AvgIpc) is 2.87. The van der Waals surface area contributed by atoms with E-state index in [4.69, 9.17) is 4.74 Å². The summed E-state index contributed by atoms with van der Waals surface area (Å²) >= 11 is 3.38. The Morgan fingerprint density at radius 1 is 1.05 bits per heavy atom. The van der Waals surface area contributed by atoms with Crippen LogP contribution < -0.4 is 4.74 Å². The maximum absolute atomic E-state index is 12.5. The van der Waals surface area contributed by atoms with E-state index in [-0.39, 0.29) is 0 Å². The topological polar surface area (TPSA) is 37.9 Å². The predicted octanol–water partition coefficient (Wildman–Crippen LogP) is 5.14. The fourth-order valence-corrected chi connectivity index (χ4v) is 2.44. The Labute approximate surface area is 125 Å². The minimum atomic E-state index is -4.35. The number of fused-ring (bicyclic) bond motifs is 1. The summed E-state index contributed by atoms with van der Waals surface area (Å²) in [5, 5.41) is 7.58. The second kappa shape index (κ2) is 5.07. The van der Waals surface area contributed by atoms with E-state index in [2.05, 4.69) is 26.1 Å². The minimum Gasteiger partial charge on any atom is -0.457 e. The molecule has 2 aromatic carbocycles. The Bertz CT molecular complexity index is 781. The number of H-pyrrole nitrogens is 1. The molecular weight excluding hydrogens is 349 g/mol. The molecular formula is C14H8BrF3N2O. The van der Waals surface area contributed by atoms with Crippen LogP contribution in [0.3, 0.4) is 0 Å². The average molecular weight is 357 g/mol. The summed E-state index contributed by atoms with van der Waals surface area (Å²) in [4.78, 5) is 0. The highest BCUT2D eigenvalue weighted by Crippen LogP contribution is 2.33. The highest BCUT2D eigenvalue weighted by atomic mass is 79.9. The van der Waals surface area contributed by atoms with Crippen molar-refractivity contribution in [3.8, 4) is 11.5 Å². The molecule has 0 amide bonds. The summed E-state index contributed by atoms with van der Waals surface area (Å²) < 4.78 is 43.8. The van der Waals surface area contributed by atoms with Gasteiger partial charge in [-0.3, -0.25) is 5.10 Å². The van der Waals surface area contributed by atoms with E-state index in [0.29, 0.717) is 11.5 Å². The predicted molar refractivity (Wildman–Crippen MR) is 75.3 cm³/mol. The summed E-state index contributed by atoms with van der Waals surface area (Å²) in [5.74, 6) is 0.841. The third-order valence-corrected chi connectivity index (χ3v) is 3.52. The fourth-order valence-electron chi connectivity index (χ4n) is 1.90. The highest BCUT2D eigenvalue weighted by molar-refractivity contribution is 9.10. The third kappa shape index (κ3) is 2.87. The van der Waals surface area contributed by atoms with Crippen molar-refractivity contribution in [2.75, 3.05) is 0 Å². The van der Waals surface area contributed by atoms with Crippen LogP contribution in [-0.2, 0) is 6.18 Å². The molecule has 0 fully saturated rings. The minimum absolute atomic E-state index is 0.331. The number of ether oxygens (including phenoxy) is 1. The molecule has 1 heterocycles. The third-order valence-electron chi connectivity index (χ3n) is 2.89. The number of hydrogen-bond acceptors (Lipinski definition) is 2. The normalized spacial score (nSPS) is 11.8. The molecule has 0 saturated carbocycles. The van der Waals surface area contributed by atoms with Crippen LogP contribution in [0.1, 0.15) is 5.56 Å². The van der Waals surface area contributed by atoms with Crippen molar-refractivity contribution in [2.45, 2.75) is 6.18 Å². The van der Waals surface area contributed by atoms with Gasteiger partial charge in [-0.2, -0.15) is 18.3 Å². The van der Waals surface area contributed by atoms with Crippen LogP contribution in [0.5, 0.6) is 11.5 Å². The fraction of sp³-hybridized carbons (Fsp3) is 0.0714. The largest absolute Gasteiger partial charge is 0.457 e. The molecule has 21 heavy (non-hydrogen) atoms. The number of alkyl halides is 3. The van der Waals surface area contributed by atoms with Crippen LogP contribution in [0.15, 0.2) is 47.1 Å². The van der Waals surface area contributed by atoms with Gasteiger partial charge in [0.1, 0.15) is 11.5 Å². The first-order valence-electron chi connectivity index (χ1n) is 5.91. The first-order valence-corrected chi connectivity index (χ1v) is 6.70. The van der Waals surface area contributed by atoms with Crippen molar-refractivity contribution in [2.24, 2.45) is 0 Å². The summed E-state index contributed by atoms with van der Waals surface area (Å²) in [6, 6.07) is 8.02. The number of aromatic amines is 1. The number of benzene rings is 2. The van der Waals surface area contributed by atoms with Gasteiger partial charge in [0.05, 0.1) is 17.3 Å². The van der Waals surface area contributed by atoms with Crippen LogP contribution in [-0.4, -0.2) is 10.2 Å². The zero-order valence-corrected chi connectivity index (χ0v) is 12.0. The Hall–Kier alpha value is -2.02. The molecule has 3 rings (SSSR count). The molecule has 0 radical (unpaired) electrons. The summed E-state index contributed by atoms with van der Waals surface area (Å²) in [7, 11) is 0. The van der Waals surface area contributed by atoms with E-state index < -0.39 is 11.7 Å². The summed E-state index contributed by atoms with van der Waals surface area (Å²) in [6.45, 7) is 0. The first-order chi connectivity index (χ1) is 9.93. The molecule has 0 unspecified atom stereocenters. The number of nitrogens with one attached hydrogen (secondary N) is 1. The van der Waals surface area contributed by atoms with Gasteiger partial charge in [-0.15, -0.1) is 0 Å². The van der Waals surface area contributed by atoms with Crippen molar-refractivity contribution in [1.29, 1.82) is 0 Å². The second-order valence-electron chi connectivity index (χ2n) is 4.36. The Balaban J connectivity index is 1.88. The lowest BCUT2D eigenvalue weighted by Gasteiger charge is -2.09. The number of halogens is 4. The molecule has 0 atom stereocenters. The number of aromatic nitrogens is 2. The van der Waals surface area contributed by atoms with E-state index in [0.717, 1.165) is 27.5 Å². The lowest BCUT2D eigenvalue weighted by Crippen LogP contribution is -2.03. The Morgan fingerprint density at radius 2 is 1.76 bits per heavy atom. The Kier molecular flexibility index (Phi) is 3.36. The maximum atomic E-state index is 12.5. The standard InChI is InChI=1S/C14H8BrF3N2O/c15-12-6-11(5-8-7-19-20-13(8)12)21-10-3-1-9(2-4-10)14(16,17)18/h1-7H,(H,19,20). The SMILES string of the molecule is FC(F)(F)c1ccc(Oc2cc(Br)c3[nH]ncc3c2)cc1. The van der Waals surface area contributed by atoms with E-state index in [1.807, 2.05) is 0 Å². The quantitative estimate of drug-likeness (QED) is 0.690. The molecule has 0 saturated heterocycles. The van der Waals surface area contributed by atoms with Crippen LogP contribution in [0.2, 0.25) is 0 Å². The molecule has 0 aliphatic heterocycles. The maximum Gasteiger partial charge on any atom is 0.416 e. The zero-order chi connectivity index (χ0) is 15.0. The van der Waals surface area contributed by atoms with E-state index in [1.165, 1.54) is 12.1 Å². The lowest BCUT2D eigenvalue weighted by molar-refractivity contribution is -0.137. The molecule has 1 N–H and O–H groups in total. The van der Waals surface area contributed by atoms with Gasteiger partial charge in [-0.25, -0.2) is 0 Å². The smallest absolute Gasteiger partial charge is 0.416 e. The van der Waals surface area contributed by atoms with Gasteiger partial charge in [0.25, 0.3) is 0 Å². The molecule has 108 valence electrons. The Morgan fingerprint density at radius 3 is 2.43 bits per heavy atom. The van der Waals surface area contributed by atoms with Gasteiger partial charge in [0, 0.05) is 9.86 Å². The van der Waals surface area contributed by atoms with Crippen molar-refractivity contribution in [3.05, 3.63) is 52.6 Å². The molecule has 0 aliphatic rings. The van der Waals surface area contributed by atoms with Crippen molar-refractivity contribution < 1.29 is 17.9 Å². The molecule has 0 aliphatic carbocycles. The van der Waals surface area contributed by atoms with Gasteiger partial charge >= 0.3 is 6.18 Å². The van der Waals surface area contributed by atoms with Crippen molar-refractivity contribution in [1.82, 2.24) is 10.2 Å². The highest BCUT2D eigenvalue weighted by Gasteiger charge is 2.30. The van der Waals surface area contributed by atoms with Gasteiger partial charge in [-0.1, -0.05) is 0 Å². The van der Waals surface area contributed by atoms with E-state index >= 15 is 0 Å². The number of rotatable bonds is 2. The summed E-state index contributed by atoms with van der Waals surface area (Å²) in [6.07, 6.45) is -2.71. The van der Waals surface area contributed by atoms with Crippen LogP contribution >= 0.6 is 15.9 Å².